The van der Waals surface area contributed by atoms with E-state index in [9.17, 15) is 0 Å². The molecule has 1 saturated heterocycles. The molecule has 2 aliphatic rings. The Bertz CT molecular complexity index is 457. The summed E-state index contributed by atoms with van der Waals surface area (Å²) >= 11 is 6.09. The Hall–Kier alpha value is -0.770. The third kappa shape index (κ3) is 4.12. The second-order valence-electron chi connectivity index (χ2n) is 6.56. The Morgan fingerprint density at radius 3 is 2.67 bits per heavy atom. The van der Waals surface area contributed by atoms with Crippen LogP contribution in [0.2, 0.25) is 5.02 Å². The normalized spacial score (nSPS) is 27.8. The lowest BCUT2D eigenvalue weighted by Gasteiger charge is -2.39. The van der Waals surface area contributed by atoms with Gasteiger partial charge in [0.15, 0.2) is 0 Å². The third-order valence-electron chi connectivity index (χ3n) is 4.89. The van der Waals surface area contributed by atoms with Gasteiger partial charge >= 0.3 is 0 Å². The summed E-state index contributed by atoms with van der Waals surface area (Å²) in [5.41, 5.74) is 7.35. The van der Waals surface area contributed by atoms with Gasteiger partial charge < -0.3 is 10.6 Å². The molecule has 1 saturated carbocycles. The molecule has 3 nitrogen and oxygen atoms in total. The van der Waals surface area contributed by atoms with Crippen LogP contribution in [0.25, 0.3) is 0 Å². The Morgan fingerprint density at radius 2 is 1.95 bits per heavy atom. The molecule has 3 rings (SSSR count). The topological polar surface area (TPSA) is 32.5 Å². The lowest BCUT2D eigenvalue weighted by Crippen LogP contribution is -2.48. The first-order valence-corrected chi connectivity index (χ1v) is 8.57. The molecule has 2 atom stereocenters. The molecule has 1 heterocycles. The fourth-order valence-electron chi connectivity index (χ4n) is 3.73. The molecule has 0 radical (unpaired) electrons. The number of hydrogen-bond acceptors (Lipinski definition) is 3. The second kappa shape index (κ2) is 6.99. The largest absolute Gasteiger partial charge is 0.369 e. The van der Waals surface area contributed by atoms with Crippen LogP contribution in [-0.2, 0) is 0 Å². The molecule has 1 aromatic rings. The van der Waals surface area contributed by atoms with E-state index < -0.39 is 0 Å². The minimum atomic E-state index is 0.441. The van der Waals surface area contributed by atoms with Crippen LogP contribution < -0.4 is 10.6 Å². The van der Waals surface area contributed by atoms with Gasteiger partial charge in [0.05, 0.1) is 0 Å². The van der Waals surface area contributed by atoms with Gasteiger partial charge in [0.1, 0.15) is 0 Å². The minimum absolute atomic E-state index is 0.441. The van der Waals surface area contributed by atoms with Crippen molar-refractivity contribution in [3.63, 3.8) is 0 Å². The van der Waals surface area contributed by atoms with Crippen molar-refractivity contribution in [2.24, 2.45) is 11.7 Å². The summed E-state index contributed by atoms with van der Waals surface area (Å²) in [6, 6.07) is 8.64. The average Bonchev–Trinajstić information content (AvgIpc) is 2.48. The Balaban J connectivity index is 1.48. The number of hydrogen-bond donors (Lipinski definition) is 1. The molecule has 0 bridgehead atoms. The molecular weight excluding hydrogens is 282 g/mol. The van der Waals surface area contributed by atoms with Crippen LogP contribution >= 0.6 is 11.6 Å². The van der Waals surface area contributed by atoms with E-state index in [0.717, 1.165) is 37.1 Å². The van der Waals surface area contributed by atoms with Gasteiger partial charge in [-0.3, -0.25) is 4.90 Å². The highest BCUT2D eigenvalue weighted by Gasteiger charge is 2.24. The molecule has 0 aromatic heterocycles. The first-order valence-electron chi connectivity index (χ1n) is 8.19. The van der Waals surface area contributed by atoms with Crippen LogP contribution in [-0.4, -0.2) is 43.7 Å². The van der Waals surface area contributed by atoms with Crippen molar-refractivity contribution in [2.45, 2.75) is 31.7 Å². The van der Waals surface area contributed by atoms with Gasteiger partial charge in [0.25, 0.3) is 0 Å². The molecule has 0 spiro atoms. The lowest BCUT2D eigenvalue weighted by atomic mass is 9.86. The van der Waals surface area contributed by atoms with Gasteiger partial charge in [0, 0.05) is 49.5 Å². The molecule has 2 unspecified atom stereocenters. The minimum Gasteiger partial charge on any atom is -0.369 e. The molecule has 1 aliphatic heterocycles. The van der Waals surface area contributed by atoms with E-state index in [0.29, 0.717) is 6.04 Å². The van der Waals surface area contributed by atoms with E-state index in [1.165, 1.54) is 37.9 Å². The number of nitrogens with zero attached hydrogens (tertiary/aromatic N) is 2. The summed E-state index contributed by atoms with van der Waals surface area (Å²) in [4.78, 5) is 5.05. The summed E-state index contributed by atoms with van der Waals surface area (Å²) in [6.07, 6.45) is 5.12. The van der Waals surface area contributed by atoms with E-state index in [2.05, 4.69) is 21.9 Å². The summed E-state index contributed by atoms with van der Waals surface area (Å²) in [6.45, 7) is 5.73. The SMILES string of the molecule is NC1CCCC(CN2CCN(c3cccc(Cl)c3)CC2)C1. The van der Waals surface area contributed by atoms with Gasteiger partial charge in [-0.25, -0.2) is 0 Å². The van der Waals surface area contributed by atoms with E-state index >= 15 is 0 Å². The van der Waals surface area contributed by atoms with Crippen LogP contribution in [0.4, 0.5) is 5.69 Å². The van der Waals surface area contributed by atoms with Gasteiger partial charge in [-0.15, -0.1) is 0 Å². The molecular formula is C17H26ClN3. The standard InChI is InChI=1S/C17H26ClN3/c18-15-4-2-6-17(12-15)21-9-7-20(8-10-21)13-14-3-1-5-16(19)11-14/h2,4,6,12,14,16H,1,3,5,7-11,13,19H2. The summed E-state index contributed by atoms with van der Waals surface area (Å²) < 4.78 is 0. The van der Waals surface area contributed by atoms with Crippen LogP contribution in [0.5, 0.6) is 0 Å². The van der Waals surface area contributed by atoms with Gasteiger partial charge in [-0.05, 0) is 43.4 Å². The molecule has 4 heteroatoms. The van der Waals surface area contributed by atoms with E-state index in [4.69, 9.17) is 17.3 Å². The quantitative estimate of drug-likeness (QED) is 0.932. The maximum absolute atomic E-state index is 6.10. The highest BCUT2D eigenvalue weighted by molar-refractivity contribution is 6.30. The third-order valence-corrected chi connectivity index (χ3v) is 5.12. The molecule has 21 heavy (non-hydrogen) atoms. The first-order chi connectivity index (χ1) is 10.2. The van der Waals surface area contributed by atoms with Crippen molar-refractivity contribution in [1.29, 1.82) is 0 Å². The molecule has 1 aromatic carbocycles. The zero-order chi connectivity index (χ0) is 14.7. The second-order valence-corrected chi connectivity index (χ2v) is 7.00. The smallest absolute Gasteiger partial charge is 0.0426 e. The number of piperazine rings is 1. The van der Waals surface area contributed by atoms with Crippen LogP contribution in [0.3, 0.4) is 0 Å². The lowest BCUT2D eigenvalue weighted by molar-refractivity contribution is 0.184. The summed E-state index contributed by atoms with van der Waals surface area (Å²) in [5, 5.41) is 0.825. The fraction of sp³-hybridized carbons (Fsp3) is 0.647. The highest BCUT2D eigenvalue weighted by Crippen LogP contribution is 2.25. The van der Waals surface area contributed by atoms with Gasteiger partial charge in [-0.1, -0.05) is 24.1 Å². The van der Waals surface area contributed by atoms with E-state index in [1.807, 2.05) is 12.1 Å². The number of rotatable bonds is 3. The van der Waals surface area contributed by atoms with Gasteiger partial charge in [0.2, 0.25) is 0 Å². The fourth-order valence-corrected chi connectivity index (χ4v) is 3.91. The predicted octanol–water partition coefficient (Wildman–Crippen LogP) is 2.98. The Labute approximate surface area is 133 Å². The highest BCUT2D eigenvalue weighted by atomic mass is 35.5. The molecule has 0 amide bonds. The number of nitrogens with two attached hydrogens (primary N) is 1. The Kier molecular flexibility index (Phi) is 5.04. The summed E-state index contributed by atoms with van der Waals surface area (Å²) in [5.74, 6) is 0.812. The average molecular weight is 308 g/mol. The monoisotopic (exact) mass is 307 g/mol. The van der Waals surface area contributed by atoms with Crippen molar-refractivity contribution >= 4 is 17.3 Å². The Morgan fingerprint density at radius 1 is 1.14 bits per heavy atom. The maximum Gasteiger partial charge on any atom is 0.0426 e. The van der Waals surface area contributed by atoms with E-state index in [-0.39, 0.29) is 0 Å². The van der Waals surface area contributed by atoms with Crippen LogP contribution in [0.1, 0.15) is 25.7 Å². The van der Waals surface area contributed by atoms with Crippen molar-refractivity contribution in [1.82, 2.24) is 4.90 Å². The summed E-state index contributed by atoms with van der Waals surface area (Å²) in [7, 11) is 0. The predicted molar refractivity (Wildman–Crippen MR) is 90.0 cm³/mol. The molecule has 116 valence electrons. The maximum atomic E-state index is 6.10. The number of halogens is 1. The van der Waals surface area contributed by atoms with Crippen molar-refractivity contribution < 1.29 is 0 Å². The van der Waals surface area contributed by atoms with E-state index in [1.54, 1.807) is 0 Å². The number of benzene rings is 1. The van der Waals surface area contributed by atoms with Crippen molar-refractivity contribution in [2.75, 3.05) is 37.6 Å². The molecule has 2 fully saturated rings. The van der Waals surface area contributed by atoms with Crippen LogP contribution in [0, 0.1) is 5.92 Å². The molecule has 1 aliphatic carbocycles. The van der Waals surface area contributed by atoms with Gasteiger partial charge in [-0.2, -0.15) is 0 Å². The van der Waals surface area contributed by atoms with Crippen LogP contribution in [0.15, 0.2) is 24.3 Å². The zero-order valence-corrected chi connectivity index (χ0v) is 13.4. The van der Waals surface area contributed by atoms with Crippen molar-refractivity contribution in [3.8, 4) is 0 Å². The number of anilines is 1. The zero-order valence-electron chi connectivity index (χ0n) is 12.7. The van der Waals surface area contributed by atoms with Crippen molar-refractivity contribution in [3.05, 3.63) is 29.3 Å². The molecule has 2 N–H and O–H groups in total. The first kappa shape index (κ1) is 15.1.